The SMILES string of the molecule is CCC1(c2cccs2)CC1CNC(C)(C)C. The van der Waals surface area contributed by atoms with Crippen molar-refractivity contribution in [3.8, 4) is 0 Å². The molecule has 1 saturated carbocycles. The molecular formula is C14H23NS. The van der Waals surface area contributed by atoms with Crippen LogP contribution in [0, 0.1) is 5.92 Å². The topological polar surface area (TPSA) is 12.0 Å². The van der Waals surface area contributed by atoms with Crippen LogP contribution in [-0.2, 0) is 5.41 Å². The van der Waals surface area contributed by atoms with Gasteiger partial charge in [0.15, 0.2) is 0 Å². The highest BCUT2D eigenvalue weighted by Crippen LogP contribution is 2.57. The van der Waals surface area contributed by atoms with Gasteiger partial charge in [-0.1, -0.05) is 13.0 Å². The summed E-state index contributed by atoms with van der Waals surface area (Å²) in [6.45, 7) is 10.2. The molecule has 0 spiro atoms. The summed E-state index contributed by atoms with van der Waals surface area (Å²) in [4.78, 5) is 1.59. The molecule has 16 heavy (non-hydrogen) atoms. The number of nitrogens with one attached hydrogen (secondary N) is 1. The van der Waals surface area contributed by atoms with E-state index in [1.165, 1.54) is 12.8 Å². The third kappa shape index (κ3) is 2.33. The summed E-state index contributed by atoms with van der Waals surface area (Å²) in [5, 5.41) is 5.85. The van der Waals surface area contributed by atoms with Gasteiger partial charge < -0.3 is 5.32 Å². The van der Waals surface area contributed by atoms with E-state index in [0.717, 1.165) is 12.5 Å². The summed E-state index contributed by atoms with van der Waals surface area (Å²) in [7, 11) is 0. The molecule has 90 valence electrons. The Labute approximate surface area is 103 Å². The van der Waals surface area contributed by atoms with E-state index in [-0.39, 0.29) is 5.54 Å². The van der Waals surface area contributed by atoms with Crippen molar-refractivity contribution >= 4 is 11.3 Å². The van der Waals surface area contributed by atoms with Gasteiger partial charge in [-0.2, -0.15) is 0 Å². The Morgan fingerprint density at radius 1 is 1.50 bits per heavy atom. The quantitative estimate of drug-likeness (QED) is 0.840. The maximum atomic E-state index is 3.64. The lowest BCUT2D eigenvalue weighted by Gasteiger charge is -2.22. The second kappa shape index (κ2) is 4.15. The van der Waals surface area contributed by atoms with E-state index >= 15 is 0 Å². The highest BCUT2D eigenvalue weighted by atomic mass is 32.1. The fourth-order valence-corrected chi connectivity index (χ4v) is 3.64. The molecule has 0 aliphatic heterocycles. The van der Waals surface area contributed by atoms with Crippen molar-refractivity contribution in [1.82, 2.24) is 5.32 Å². The standard InChI is InChI=1S/C14H23NS/c1-5-14(12-7-6-8-16-12)9-11(14)10-15-13(2,3)4/h6-8,11,15H,5,9-10H2,1-4H3. The van der Waals surface area contributed by atoms with Crippen molar-refractivity contribution in [2.75, 3.05) is 6.54 Å². The molecule has 0 radical (unpaired) electrons. The first-order chi connectivity index (χ1) is 7.48. The minimum atomic E-state index is 0.248. The van der Waals surface area contributed by atoms with Crippen LogP contribution >= 0.6 is 11.3 Å². The van der Waals surface area contributed by atoms with Gasteiger partial charge in [-0.25, -0.2) is 0 Å². The number of rotatable bonds is 4. The Bertz CT molecular complexity index is 336. The van der Waals surface area contributed by atoms with Crippen molar-refractivity contribution in [2.45, 2.75) is 51.5 Å². The van der Waals surface area contributed by atoms with Crippen LogP contribution in [0.1, 0.15) is 45.4 Å². The molecule has 2 rings (SSSR count). The predicted molar refractivity (Wildman–Crippen MR) is 72.2 cm³/mol. The average Bonchev–Trinajstić information content (AvgIpc) is 2.66. The minimum Gasteiger partial charge on any atom is -0.312 e. The van der Waals surface area contributed by atoms with Crippen LogP contribution in [-0.4, -0.2) is 12.1 Å². The van der Waals surface area contributed by atoms with Crippen molar-refractivity contribution in [1.29, 1.82) is 0 Å². The Kier molecular flexibility index (Phi) is 3.15. The van der Waals surface area contributed by atoms with E-state index in [1.807, 2.05) is 11.3 Å². The molecule has 1 aromatic rings. The molecular weight excluding hydrogens is 214 g/mol. The van der Waals surface area contributed by atoms with Gasteiger partial charge in [0, 0.05) is 15.8 Å². The van der Waals surface area contributed by atoms with E-state index in [9.17, 15) is 0 Å². The molecule has 0 aromatic carbocycles. The van der Waals surface area contributed by atoms with Crippen molar-refractivity contribution < 1.29 is 0 Å². The molecule has 0 saturated heterocycles. The molecule has 1 aromatic heterocycles. The molecule has 2 heteroatoms. The summed E-state index contributed by atoms with van der Waals surface area (Å²) < 4.78 is 0. The molecule has 1 fully saturated rings. The van der Waals surface area contributed by atoms with Crippen molar-refractivity contribution in [2.24, 2.45) is 5.92 Å². The second-order valence-electron chi connectivity index (χ2n) is 6.02. The largest absolute Gasteiger partial charge is 0.312 e. The number of hydrogen-bond donors (Lipinski definition) is 1. The summed E-state index contributed by atoms with van der Waals surface area (Å²) in [5.74, 6) is 0.843. The fourth-order valence-electron chi connectivity index (χ4n) is 2.55. The lowest BCUT2D eigenvalue weighted by atomic mass is 9.97. The fraction of sp³-hybridized carbons (Fsp3) is 0.714. The highest BCUT2D eigenvalue weighted by molar-refractivity contribution is 7.10. The molecule has 0 bridgehead atoms. The lowest BCUT2D eigenvalue weighted by molar-refractivity contribution is 0.402. The number of hydrogen-bond acceptors (Lipinski definition) is 2. The third-order valence-electron chi connectivity index (χ3n) is 3.75. The van der Waals surface area contributed by atoms with Gasteiger partial charge in [-0.05, 0) is 57.5 Å². The molecule has 2 unspecified atom stereocenters. The van der Waals surface area contributed by atoms with E-state index in [2.05, 4.69) is 50.5 Å². The number of thiophene rings is 1. The summed E-state index contributed by atoms with van der Waals surface area (Å²) >= 11 is 1.93. The van der Waals surface area contributed by atoms with E-state index < -0.39 is 0 Å². The molecule has 1 heterocycles. The second-order valence-corrected chi connectivity index (χ2v) is 6.97. The van der Waals surface area contributed by atoms with Crippen LogP contribution in [0.2, 0.25) is 0 Å². The van der Waals surface area contributed by atoms with Gasteiger partial charge in [-0.15, -0.1) is 11.3 Å². The van der Waals surface area contributed by atoms with Gasteiger partial charge in [0.1, 0.15) is 0 Å². The molecule has 2 atom stereocenters. The maximum Gasteiger partial charge on any atom is 0.0110 e. The lowest BCUT2D eigenvalue weighted by Crippen LogP contribution is -2.38. The normalized spacial score (nSPS) is 29.4. The Hall–Kier alpha value is -0.340. The highest BCUT2D eigenvalue weighted by Gasteiger charge is 2.54. The molecule has 1 N–H and O–H groups in total. The van der Waals surface area contributed by atoms with Crippen LogP contribution in [0.25, 0.3) is 0 Å². The van der Waals surface area contributed by atoms with Gasteiger partial charge in [-0.3, -0.25) is 0 Å². The van der Waals surface area contributed by atoms with Crippen molar-refractivity contribution in [3.05, 3.63) is 22.4 Å². The van der Waals surface area contributed by atoms with E-state index in [4.69, 9.17) is 0 Å². The third-order valence-corrected chi connectivity index (χ3v) is 4.84. The first-order valence-electron chi connectivity index (χ1n) is 6.27. The van der Waals surface area contributed by atoms with Crippen LogP contribution in [0.15, 0.2) is 17.5 Å². The summed E-state index contributed by atoms with van der Waals surface area (Å²) in [5.41, 5.74) is 0.754. The monoisotopic (exact) mass is 237 g/mol. The zero-order valence-corrected chi connectivity index (χ0v) is 11.7. The van der Waals surface area contributed by atoms with Gasteiger partial charge >= 0.3 is 0 Å². The average molecular weight is 237 g/mol. The summed E-state index contributed by atoms with van der Waals surface area (Å²) in [6, 6.07) is 4.50. The zero-order valence-electron chi connectivity index (χ0n) is 10.8. The predicted octanol–water partition coefficient (Wildman–Crippen LogP) is 3.80. The van der Waals surface area contributed by atoms with Gasteiger partial charge in [0.2, 0.25) is 0 Å². The maximum absolute atomic E-state index is 3.64. The van der Waals surface area contributed by atoms with Crippen LogP contribution < -0.4 is 5.32 Å². The van der Waals surface area contributed by atoms with Crippen LogP contribution in [0.4, 0.5) is 0 Å². The Morgan fingerprint density at radius 3 is 2.75 bits per heavy atom. The van der Waals surface area contributed by atoms with E-state index in [1.54, 1.807) is 4.88 Å². The van der Waals surface area contributed by atoms with Crippen LogP contribution in [0.5, 0.6) is 0 Å². The smallest absolute Gasteiger partial charge is 0.0110 e. The molecule has 0 amide bonds. The minimum absolute atomic E-state index is 0.248. The van der Waals surface area contributed by atoms with E-state index in [0.29, 0.717) is 5.41 Å². The summed E-state index contributed by atoms with van der Waals surface area (Å²) in [6.07, 6.45) is 2.65. The molecule has 1 nitrogen and oxygen atoms in total. The first kappa shape index (κ1) is 12.1. The molecule has 1 aliphatic rings. The Balaban J connectivity index is 1.97. The van der Waals surface area contributed by atoms with Crippen LogP contribution in [0.3, 0.4) is 0 Å². The Morgan fingerprint density at radius 2 is 2.25 bits per heavy atom. The van der Waals surface area contributed by atoms with Gasteiger partial charge in [0.25, 0.3) is 0 Å². The van der Waals surface area contributed by atoms with Gasteiger partial charge in [0.05, 0.1) is 0 Å². The zero-order chi connectivity index (χ0) is 11.8. The van der Waals surface area contributed by atoms with Crippen molar-refractivity contribution in [3.63, 3.8) is 0 Å². The first-order valence-corrected chi connectivity index (χ1v) is 7.15. The molecule has 1 aliphatic carbocycles.